The molecule has 0 aromatic heterocycles. The molecule has 134 valence electrons. The molecule has 3 unspecified atom stereocenters. The molecule has 0 heterocycles. The fourth-order valence-corrected chi connectivity index (χ4v) is 3.09. The highest BCUT2D eigenvalue weighted by Crippen LogP contribution is 2.40. The molecule has 0 radical (unpaired) electrons. The number of hydrogen-bond donors (Lipinski definition) is 3. The molecule has 0 saturated carbocycles. The van der Waals surface area contributed by atoms with Crippen molar-refractivity contribution >= 4 is 0 Å². The van der Waals surface area contributed by atoms with Crippen LogP contribution >= 0.6 is 0 Å². The van der Waals surface area contributed by atoms with Gasteiger partial charge in [-0.3, -0.25) is 0 Å². The fourth-order valence-electron chi connectivity index (χ4n) is 3.09. The van der Waals surface area contributed by atoms with Crippen LogP contribution in [0.1, 0.15) is 53.4 Å². The van der Waals surface area contributed by atoms with E-state index in [1.54, 1.807) is 0 Å². The Balaban J connectivity index is 4.86. The topological polar surface area (TPSA) is 73.2 Å². The first-order chi connectivity index (χ1) is 10.2. The van der Waals surface area contributed by atoms with Crippen molar-refractivity contribution in [2.45, 2.75) is 71.1 Å². The van der Waals surface area contributed by atoms with Gasteiger partial charge in [-0.15, -0.1) is 0 Å². The first-order valence-electron chi connectivity index (χ1n) is 8.43. The molecule has 0 aliphatic carbocycles. The van der Waals surface area contributed by atoms with Gasteiger partial charge in [-0.2, -0.15) is 0 Å². The highest BCUT2D eigenvalue weighted by atomic mass is 16.5. The summed E-state index contributed by atoms with van der Waals surface area (Å²) in [6.45, 7) is 8.49. The molecule has 0 fully saturated rings. The smallest absolute Gasteiger partial charge is 0.100 e. The van der Waals surface area contributed by atoms with Crippen molar-refractivity contribution in [2.75, 3.05) is 33.9 Å². The quantitative estimate of drug-likeness (QED) is 0.510. The van der Waals surface area contributed by atoms with Gasteiger partial charge in [-0.25, -0.2) is 0 Å². The predicted octanol–water partition coefficient (Wildman–Crippen LogP) is 1.64. The van der Waals surface area contributed by atoms with E-state index in [2.05, 4.69) is 46.7 Å². The summed E-state index contributed by atoms with van der Waals surface area (Å²) in [6.07, 6.45) is 2.33. The predicted molar refractivity (Wildman–Crippen MR) is 89.9 cm³/mol. The summed E-state index contributed by atoms with van der Waals surface area (Å²) in [6, 6.07) is 0. The molecule has 22 heavy (non-hydrogen) atoms. The summed E-state index contributed by atoms with van der Waals surface area (Å²) in [5.41, 5.74) is -0.184. The van der Waals surface area contributed by atoms with Crippen molar-refractivity contribution in [1.82, 2.24) is 4.90 Å². The first-order valence-corrected chi connectivity index (χ1v) is 8.43. The van der Waals surface area contributed by atoms with Gasteiger partial charge in [-0.05, 0) is 45.2 Å². The minimum absolute atomic E-state index is 0.0493. The molecule has 0 aromatic rings. The van der Waals surface area contributed by atoms with Crippen molar-refractivity contribution < 1.29 is 20.1 Å². The summed E-state index contributed by atoms with van der Waals surface area (Å²) in [5.74, 6) is 0. The zero-order valence-electron chi connectivity index (χ0n) is 15.3. The highest BCUT2D eigenvalue weighted by molar-refractivity contribution is 4.95. The van der Waals surface area contributed by atoms with Crippen LogP contribution < -0.4 is 0 Å². The molecule has 5 nitrogen and oxygen atoms in total. The second kappa shape index (κ2) is 9.83. The Morgan fingerprint density at radius 3 is 1.91 bits per heavy atom. The highest BCUT2D eigenvalue weighted by Gasteiger charge is 2.41. The van der Waals surface area contributed by atoms with Crippen LogP contribution in [0.4, 0.5) is 0 Å². The Hall–Kier alpha value is -0.200. The molecule has 0 rings (SSSR count). The van der Waals surface area contributed by atoms with Crippen molar-refractivity contribution in [3.05, 3.63) is 0 Å². The minimum atomic E-state index is -0.882. The van der Waals surface area contributed by atoms with Crippen LogP contribution in [0.25, 0.3) is 0 Å². The Labute approximate surface area is 136 Å². The van der Waals surface area contributed by atoms with E-state index in [-0.39, 0.29) is 30.8 Å². The van der Waals surface area contributed by atoms with Crippen LogP contribution in [0.2, 0.25) is 0 Å². The fraction of sp³-hybridized carbons (Fsp3) is 1.00. The van der Waals surface area contributed by atoms with E-state index >= 15 is 0 Å². The molecule has 0 amide bonds. The summed E-state index contributed by atoms with van der Waals surface area (Å²) in [4.78, 5) is 2.27. The van der Waals surface area contributed by atoms with Gasteiger partial charge in [0.15, 0.2) is 0 Å². The van der Waals surface area contributed by atoms with Gasteiger partial charge in [0.1, 0.15) is 6.10 Å². The largest absolute Gasteiger partial charge is 0.394 e. The minimum Gasteiger partial charge on any atom is -0.394 e. The Bertz CT molecular complexity index is 294. The van der Waals surface area contributed by atoms with E-state index in [1.807, 2.05) is 0 Å². The number of hydrogen-bond acceptors (Lipinski definition) is 5. The lowest BCUT2D eigenvalue weighted by atomic mass is 9.69. The van der Waals surface area contributed by atoms with Gasteiger partial charge in [0.2, 0.25) is 0 Å². The van der Waals surface area contributed by atoms with Gasteiger partial charge in [0.05, 0.1) is 25.9 Å². The summed E-state index contributed by atoms with van der Waals surface area (Å²) < 4.78 is 5.36. The maximum Gasteiger partial charge on any atom is 0.100 e. The summed E-state index contributed by atoms with van der Waals surface area (Å²) >= 11 is 0. The van der Waals surface area contributed by atoms with E-state index in [9.17, 15) is 10.2 Å². The molecule has 0 spiro atoms. The third-order valence-electron chi connectivity index (χ3n) is 5.41. The molecule has 0 aliphatic rings. The number of ether oxygens (including phenoxy) is 1. The van der Waals surface area contributed by atoms with Crippen LogP contribution in [0, 0.1) is 5.41 Å². The van der Waals surface area contributed by atoms with Gasteiger partial charge in [0.25, 0.3) is 0 Å². The van der Waals surface area contributed by atoms with E-state index in [1.165, 1.54) is 0 Å². The standard InChI is InChI=1S/C17H37NO4/c1-7-16(4,13-17(8-2,9-3)18(5)6)15(21)12-22-11-14(20)10-19/h14-15,19-21H,7-13H2,1-6H3. The van der Waals surface area contributed by atoms with Gasteiger partial charge in [-0.1, -0.05) is 27.7 Å². The van der Waals surface area contributed by atoms with E-state index in [0.29, 0.717) is 0 Å². The third-order valence-corrected chi connectivity index (χ3v) is 5.41. The molecule has 3 N–H and O–H groups in total. The van der Waals surface area contributed by atoms with Crippen molar-refractivity contribution in [3.8, 4) is 0 Å². The number of aliphatic hydroxyl groups excluding tert-OH is 3. The Kier molecular flexibility index (Phi) is 9.74. The molecule has 0 aromatic carbocycles. The molecule has 0 saturated heterocycles. The lowest BCUT2D eigenvalue weighted by molar-refractivity contribution is -0.0797. The molecular weight excluding hydrogens is 282 g/mol. The van der Waals surface area contributed by atoms with Crippen molar-refractivity contribution in [1.29, 1.82) is 0 Å². The van der Waals surface area contributed by atoms with Crippen LogP contribution in [0.3, 0.4) is 0 Å². The lowest BCUT2D eigenvalue weighted by Gasteiger charge is -2.47. The monoisotopic (exact) mass is 319 g/mol. The van der Waals surface area contributed by atoms with E-state index < -0.39 is 12.2 Å². The lowest BCUT2D eigenvalue weighted by Crippen LogP contribution is -2.50. The average molecular weight is 319 g/mol. The van der Waals surface area contributed by atoms with Gasteiger partial charge in [0, 0.05) is 5.54 Å². The second-order valence-electron chi connectivity index (χ2n) is 6.90. The molecule has 3 atom stereocenters. The van der Waals surface area contributed by atoms with Crippen LogP contribution in [-0.2, 0) is 4.74 Å². The number of aliphatic hydroxyl groups is 3. The van der Waals surface area contributed by atoms with Crippen LogP contribution in [0.5, 0.6) is 0 Å². The molecule has 5 heteroatoms. The molecule has 0 bridgehead atoms. The summed E-state index contributed by atoms with van der Waals surface area (Å²) in [7, 11) is 4.20. The SMILES string of the molecule is CCC(C)(CC(CC)(CC)N(C)C)C(O)COCC(O)CO. The normalized spacial score (nSPS) is 18.3. The zero-order valence-corrected chi connectivity index (χ0v) is 15.3. The third kappa shape index (κ3) is 5.78. The van der Waals surface area contributed by atoms with Crippen molar-refractivity contribution in [3.63, 3.8) is 0 Å². The first kappa shape index (κ1) is 21.8. The zero-order chi connectivity index (χ0) is 17.4. The Morgan fingerprint density at radius 1 is 1.00 bits per heavy atom. The maximum absolute atomic E-state index is 10.6. The molecular formula is C17H37NO4. The summed E-state index contributed by atoms with van der Waals surface area (Å²) in [5, 5.41) is 28.7. The number of rotatable bonds is 12. The van der Waals surface area contributed by atoms with E-state index in [4.69, 9.17) is 9.84 Å². The second-order valence-corrected chi connectivity index (χ2v) is 6.90. The van der Waals surface area contributed by atoms with Crippen LogP contribution in [-0.4, -0.2) is 71.9 Å². The van der Waals surface area contributed by atoms with Crippen LogP contribution in [0.15, 0.2) is 0 Å². The maximum atomic E-state index is 10.6. The molecule has 0 aliphatic heterocycles. The van der Waals surface area contributed by atoms with Gasteiger partial charge < -0.3 is 25.0 Å². The van der Waals surface area contributed by atoms with Crippen molar-refractivity contribution in [2.24, 2.45) is 5.41 Å². The average Bonchev–Trinajstić information content (AvgIpc) is 2.51. The van der Waals surface area contributed by atoms with Gasteiger partial charge >= 0.3 is 0 Å². The van der Waals surface area contributed by atoms with E-state index in [0.717, 1.165) is 25.7 Å². The Morgan fingerprint density at radius 2 is 1.55 bits per heavy atom. The number of nitrogens with zero attached hydrogens (tertiary/aromatic N) is 1.